The van der Waals surface area contributed by atoms with E-state index in [1.807, 2.05) is 35.2 Å². The molecule has 0 atom stereocenters. The highest BCUT2D eigenvalue weighted by Gasteiger charge is 2.24. The predicted octanol–water partition coefficient (Wildman–Crippen LogP) is 3.89. The van der Waals surface area contributed by atoms with Crippen LogP contribution in [0.25, 0.3) is 21.6 Å². The Kier molecular flexibility index (Phi) is 5.71. The first-order valence-corrected chi connectivity index (χ1v) is 11.5. The average Bonchev–Trinajstić information content (AvgIpc) is 3.45. The molecule has 0 radical (unpaired) electrons. The van der Waals surface area contributed by atoms with Crippen molar-refractivity contribution in [2.24, 2.45) is 5.92 Å². The second-order valence-electron chi connectivity index (χ2n) is 7.95. The molecule has 1 amide bonds. The van der Waals surface area contributed by atoms with Gasteiger partial charge in [-0.15, -0.1) is 11.3 Å². The molecule has 8 heteroatoms. The molecule has 0 unspecified atom stereocenters. The average molecular weight is 433 g/mol. The van der Waals surface area contributed by atoms with Crippen molar-refractivity contribution in [1.82, 2.24) is 30.0 Å². The smallest absolute Gasteiger partial charge is 0.222 e. The monoisotopic (exact) mass is 432 g/mol. The minimum absolute atomic E-state index is 0.234. The molecule has 3 aromatic heterocycles. The molecule has 1 aliphatic heterocycles. The number of aryl methyl sites for hydroxylation is 1. The van der Waals surface area contributed by atoms with Crippen LogP contribution in [-0.4, -0.2) is 49.0 Å². The third kappa shape index (κ3) is 4.64. The molecule has 0 spiro atoms. The number of rotatable bonds is 6. The minimum atomic E-state index is 0.234. The molecule has 4 heterocycles. The van der Waals surface area contributed by atoms with E-state index in [1.54, 1.807) is 23.7 Å². The Morgan fingerprint density at radius 2 is 1.90 bits per heavy atom. The van der Waals surface area contributed by atoms with Crippen LogP contribution in [0.1, 0.15) is 30.1 Å². The number of likely N-dealkylation sites (tertiary alicyclic amines) is 1. The summed E-state index contributed by atoms with van der Waals surface area (Å²) in [4.78, 5) is 28.0. The number of nitrogens with one attached hydrogen (secondary N) is 1. The minimum Gasteiger partial charge on any atom is -0.343 e. The maximum absolute atomic E-state index is 12.7. The van der Waals surface area contributed by atoms with Gasteiger partial charge in [0.1, 0.15) is 5.82 Å². The summed E-state index contributed by atoms with van der Waals surface area (Å²) in [5.41, 5.74) is 1.99. The van der Waals surface area contributed by atoms with Crippen LogP contribution in [0.2, 0.25) is 0 Å². The molecule has 0 saturated carbocycles. The fourth-order valence-electron chi connectivity index (χ4n) is 4.08. The number of nitrogens with zero attached hydrogens (tertiary/aromatic N) is 5. The molecular weight excluding hydrogens is 408 g/mol. The van der Waals surface area contributed by atoms with Crippen LogP contribution in [0.15, 0.2) is 48.8 Å². The quantitative estimate of drug-likeness (QED) is 0.499. The topological polar surface area (TPSA) is 87.7 Å². The third-order valence-corrected chi connectivity index (χ3v) is 6.91. The van der Waals surface area contributed by atoms with Gasteiger partial charge in [0.25, 0.3) is 0 Å². The van der Waals surface area contributed by atoms with Crippen LogP contribution >= 0.6 is 11.3 Å². The summed E-state index contributed by atoms with van der Waals surface area (Å²) >= 11 is 1.69. The van der Waals surface area contributed by atoms with Gasteiger partial charge in [0.05, 0.1) is 15.2 Å². The number of thiazole rings is 1. The highest BCUT2D eigenvalue weighted by Crippen LogP contribution is 2.24. The number of pyridine rings is 1. The van der Waals surface area contributed by atoms with Gasteiger partial charge >= 0.3 is 0 Å². The van der Waals surface area contributed by atoms with Crippen molar-refractivity contribution < 1.29 is 4.79 Å². The van der Waals surface area contributed by atoms with Gasteiger partial charge in [-0.3, -0.25) is 14.9 Å². The van der Waals surface area contributed by atoms with Crippen molar-refractivity contribution in [2.75, 3.05) is 13.1 Å². The summed E-state index contributed by atoms with van der Waals surface area (Å²) in [5.74, 6) is 2.37. The predicted molar refractivity (Wildman–Crippen MR) is 121 cm³/mol. The summed E-state index contributed by atoms with van der Waals surface area (Å²) in [6.07, 6.45) is 7.60. The molecule has 1 saturated heterocycles. The summed E-state index contributed by atoms with van der Waals surface area (Å²) in [6.45, 7) is 1.63. The molecule has 4 aromatic rings. The van der Waals surface area contributed by atoms with Gasteiger partial charge in [-0.05, 0) is 43.0 Å². The molecule has 0 aliphatic carbocycles. The van der Waals surface area contributed by atoms with Gasteiger partial charge in [0.15, 0.2) is 5.82 Å². The van der Waals surface area contributed by atoms with Gasteiger partial charge in [-0.1, -0.05) is 12.1 Å². The Morgan fingerprint density at radius 3 is 2.71 bits per heavy atom. The van der Waals surface area contributed by atoms with Crippen molar-refractivity contribution in [2.45, 2.75) is 32.1 Å². The van der Waals surface area contributed by atoms with E-state index in [1.165, 1.54) is 4.70 Å². The Labute approximate surface area is 184 Å². The van der Waals surface area contributed by atoms with Gasteiger partial charge in [-0.25, -0.2) is 9.97 Å². The van der Waals surface area contributed by atoms with Crippen LogP contribution < -0.4 is 0 Å². The molecule has 158 valence electrons. The maximum atomic E-state index is 12.7. The number of benzene rings is 1. The van der Waals surface area contributed by atoms with Gasteiger partial charge in [0.2, 0.25) is 5.91 Å². The Bertz CT molecular complexity index is 1130. The van der Waals surface area contributed by atoms with Crippen LogP contribution in [0, 0.1) is 5.92 Å². The van der Waals surface area contributed by atoms with Crippen molar-refractivity contribution in [3.63, 3.8) is 0 Å². The third-order valence-electron chi connectivity index (χ3n) is 5.81. The van der Waals surface area contributed by atoms with E-state index in [-0.39, 0.29) is 5.91 Å². The number of para-hydroxylation sites is 1. The van der Waals surface area contributed by atoms with Crippen LogP contribution in [0.3, 0.4) is 0 Å². The van der Waals surface area contributed by atoms with Crippen LogP contribution in [-0.2, 0) is 17.6 Å². The number of H-pyrrole nitrogens is 1. The van der Waals surface area contributed by atoms with E-state index >= 15 is 0 Å². The van der Waals surface area contributed by atoms with Gasteiger partial charge < -0.3 is 4.90 Å². The maximum Gasteiger partial charge on any atom is 0.222 e. The molecular formula is C23H24N6OS. The molecule has 1 aliphatic rings. The Balaban J connectivity index is 1.10. The Hall–Kier alpha value is -3.13. The number of piperidine rings is 1. The van der Waals surface area contributed by atoms with E-state index in [4.69, 9.17) is 0 Å². The largest absolute Gasteiger partial charge is 0.343 e. The lowest BCUT2D eigenvalue weighted by Crippen LogP contribution is -2.39. The van der Waals surface area contributed by atoms with Gasteiger partial charge in [0, 0.05) is 50.3 Å². The first-order chi connectivity index (χ1) is 15.2. The summed E-state index contributed by atoms with van der Waals surface area (Å²) in [7, 11) is 0. The fourth-order valence-corrected chi connectivity index (χ4v) is 5.04. The molecule has 1 aromatic carbocycles. The van der Waals surface area contributed by atoms with Crippen molar-refractivity contribution in [3.8, 4) is 11.4 Å². The second-order valence-corrected chi connectivity index (χ2v) is 9.06. The molecule has 1 N–H and O–H groups in total. The highest BCUT2D eigenvalue weighted by molar-refractivity contribution is 7.18. The normalized spacial score (nSPS) is 14.9. The SMILES string of the molecule is O=C(CCc1nc2ccccc2s1)N1CCC(Cc2nc(-c3ccncc3)n[nH]2)CC1. The van der Waals surface area contributed by atoms with Crippen molar-refractivity contribution in [3.05, 3.63) is 59.6 Å². The zero-order valence-electron chi connectivity index (χ0n) is 17.2. The molecule has 1 fully saturated rings. The first kappa shape index (κ1) is 19.8. The molecule has 31 heavy (non-hydrogen) atoms. The number of aromatic nitrogens is 5. The summed E-state index contributed by atoms with van der Waals surface area (Å²) in [6, 6.07) is 11.9. The van der Waals surface area contributed by atoms with E-state index in [0.29, 0.717) is 24.6 Å². The molecule has 5 rings (SSSR count). The number of hydrogen-bond donors (Lipinski definition) is 1. The highest BCUT2D eigenvalue weighted by atomic mass is 32.1. The van der Waals surface area contributed by atoms with Gasteiger partial charge in [-0.2, -0.15) is 5.10 Å². The molecule has 0 bridgehead atoms. The van der Waals surface area contributed by atoms with Crippen molar-refractivity contribution in [1.29, 1.82) is 0 Å². The van der Waals surface area contributed by atoms with Crippen molar-refractivity contribution >= 4 is 27.5 Å². The first-order valence-electron chi connectivity index (χ1n) is 10.7. The number of hydrogen-bond acceptors (Lipinski definition) is 6. The number of carbonyl (C=O) groups is 1. The van der Waals surface area contributed by atoms with E-state index in [9.17, 15) is 4.79 Å². The lowest BCUT2D eigenvalue weighted by molar-refractivity contribution is -0.132. The second kappa shape index (κ2) is 8.93. The van der Waals surface area contributed by atoms with E-state index in [2.05, 4.69) is 31.2 Å². The standard InChI is InChI=1S/C23H24N6OS/c30-22(6-5-21-25-18-3-1-2-4-19(18)31-21)29-13-9-16(10-14-29)15-20-26-23(28-27-20)17-7-11-24-12-8-17/h1-4,7-8,11-12,16H,5-6,9-10,13-15H2,(H,26,27,28). The Morgan fingerprint density at radius 1 is 1.10 bits per heavy atom. The lowest BCUT2D eigenvalue weighted by atomic mass is 9.93. The van der Waals surface area contributed by atoms with E-state index in [0.717, 1.165) is 54.3 Å². The number of fused-ring (bicyclic) bond motifs is 1. The summed E-state index contributed by atoms with van der Waals surface area (Å²) in [5, 5.41) is 8.44. The lowest BCUT2D eigenvalue weighted by Gasteiger charge is -2.31. The van der Waals surface area contributed by atoms with Crippen LogP contribution in [0.5, 0.6) is 0 Å². The fraction of sp³-hybridized carbons (Fsp3) is 0.348. The number of amides is 1. The zero-order valence-corrected chi connectivity index (χ0v) is 18.0. The van der Waals surface area contributed by atoms with E-state index < -0.39 is 0 Å². The summed E-state index contributed by atoms with van der Waals surface area (Å²) < 4.78 is 1.19. The molecule has 7 nitrogen and oxygen atoms in total. The van der Waals surface area contributed by atoms with Crippen LogP contribution in [0.4, 0.5) is 0 Å². The zero-order chi connectivity index (χ0) is 21.0. The number of aromatic amines is 1. The number of carbonyl (C=O) groups excluding carboxylic acids is 1.